The number of carbonyl (C=O) groups is 2. The lowest BCUT2D eigenvalue weighted by molar-refractivity contribution is -0.180. The van der Waals surface area contributed by atoms with Crippen molar-refractivity contribution in [3.8, 4) is 6.07 Å². The van der Waals surface area contributed by atoms with E-state index in [2.05, 4.69) is 63.2 Å². The standard InChI is InChI=1S/C30H44N6O4/c1-20(35-17-5-6-18-35)21-7-9-22(10-8-21)33-26-25-23(12-16-32-27(25)37)36(34-26)30(14-15-31)13-11-24(39-19-30)28(38)40-29(2,3)4/h7-10,20,23-26,33-34H,5-6,11-14,16-19H2,1-4H3,(H,32,37)/t20?,23?,24-,25?,26?,30-/m0/s1. The zero-order chi connectivity index (χ0) is 28.5. The second kappa shape index (κ2) is 11.6. The number of ether oxygens (including phenoxy) is 2. The second-order valence-electron chi connectivity index (χ2n) is 12.8. The highest BCUT2D eigenvalue weighted by atomic mass is 16.6. The third-order valence-corrected chi connectivity index (χ3v) is 8.84. The molecule has 218 valence electrons. The lowest BCUT2D eigenvalue weighted by Crippen LogP contribution is -2.63. The number of nitrogens with zero attached hydrogens (tertiary/aromatic N) is 3. The lowest BCUT2D eigenvalue weighted by atomic mass is 9.83. The molecular weight excluding hydrogens is 508 g/mol. The van der Waals surface area contributed by atoms with Gasteiger partial charge >= 0.3 is 5.97 Å². The highest BCUT2D eigenvalue weighted by Gasteiger charge is 2.56. The third-order valence-electron chi connectivity index (χ3n) is 8.84. The van der Waals surface area contributed by atoms with E-state index in [1.165, 1.54) is 18.4 Å². The maximum Gasteiger partial charge on any atom is 0.335 e. The van der Waals surface area contributed by atoms with Gasteiger partial charge in [0.05, 0.1) is 30.6 Å². The van der Waals surface area contributed by atoms with Gasteiger partial charge in [-0.25, -0.2) is 15.2 Å². The molecule has 4 saturated heterocycles. The number of nitriles is 1. The Morgan fingerprint density at radius 2 is 1.98 bits per heavy atom. The number of hydrogen-bond donors (Lipinski definition) is 3. The molecule has 1 aromatic rings. The molecule has 4 unspecified atom stereocenters. The number of piperidine rings is 1. The van der Waals surface area contributed by atoms with E-state index in [0.717, 1.165) is 25.2 Å². The number of hydrazine groups is 1. The van der Waals surface area contributed by atoms with Crippen LogP contribution in [-0.4, -0.2) is 77.5 Å². The first kappa shape index (κ1) is 28.8. The number of hydrogen-bond acceptors (Lipinski definition) is 9. The summed E-state index contributed by atoms with van der Waals surface area (Å²) in [4.78, 5) is 28.3. The predicted molar refractivity (Wildman–Crippen MR) is 151 cm³/mol. The maximum atomic E-state index is 13.2. The van der Waals surface area contributed by atoms with Gasteiger partial charge in [0.2, 0.25) is 5.91 Å². The molecule has 40 heavy (non-hydrogen) atoms. The molecule has 10 nitrogen and oxygen atoms in total. The van der Waals surface area contributed by atoms with Gasteiger partial charge in [-0.05, 0) is 90.6 Å². The fourth-order valence-corrected chi connectivity index (χ4v) is 6.72. The van der Waals surface area contributed by atoms with Crippen molar-refractivity contribution in [2.24, 2.45) is 5.92 Å². The molecular formula is C30H44N6O4. The topological polar surface area (TPSA) is 119 Å². The molecule has 1 aromatic carbocycles. The highest BCUT2D eigenvalue weighted by molar-refractivity contribution is 5.82. The van der Waals surface area contributed by atoms with E-state index in [1.54, 1.807) is 0 Å². The van der Waals surface area contributed by atoms with Crippen molar-refractivity contribution in [3.63, 3.8) is 0 Å². The van der Waals surface area contributed by atoms with E-state index in [0.29, 0.717) is 25.4 Å². The smallest absolute Gasteiger partial charge is 0.335 e. The molecule has 0 saturated carbocycles. The Hall–Kier alpha value is -2.71. The quantitative estimate of drug-likeness (QED) is 0.439. The van der Waals surface area contributed by atoms with Crippen LogP contribution in [0.4, 0.5) is 5.69 Å². The van der Waals surface area contributed by atoms with E-state index >= 15 is 0 Å². The summed E-state index contributed by atoms with van der Waals surface area (Å²) in [5.41, 5.74) is 4.55. The average molecular weight is 553 g/mol. The molecule has 4 aliphatic rings. The van der Waals surface area contributed by atoms with E-state index in [4.69, 9.17) is 9.47 Å². The van der Waals surface area contributed by atoms with Crippen molar-refractivity contribution >= 4 is 17.6 Å². The average Bonchev–Trinajstić information content (AvgIpc) is 3.58. The van der Waals surface area contributed by atoms with Gasteiger partial charge in [-0.3, -0.25) is 9.69 Å². The minimum atomic E-state index is -0.658. The van der Waals surface area contributed by atoms with Crippen LogP contribution in [-0.2, 0) is 19.1 Å². The summed E-state index contributed by atoms with van der Waals surface area (Å²) >= 11 is 0. The Labute approximate surface area is 237 Å². The van der Waals surface area contributed by atoms with Crippen molar-refractivity contribution in [1.82, 2.24) is 20.7 Å². The van der Waals surface area contributed by atoms with Gasteiger partial charge in [0.15, 0.2) is 6.10 Å². The molecule has 1 amide bonds. The van der Waals surface area contributed by atoms with Crippen molar-refractivity contribution in [2.45, 2.75) is 102 Å². The summed E-state index contributed by atoms with van der Waals surface area (Å²) in [5, 5.41) is 18.5. The monoisotopic (exact) mass is 552 g/mol. The van der Waals surface area contributed by atoms with Gasteiger partial charge in [0.25, 0.3) is 0 Å². The van der Waals surface area contributed by atoms with Gasteiger partial charge in [0.1, 0.15) is 11.8 Å². The minimum Gasteiger partial charge on any atom is -0.458 e. The first-order chi connectivity index (χ1) is 19.1. The number of benzene rings is 1. The van der Waals surface area contributed by atoms with Crippen molar-refractivity contribution in [1.29, 1.82) is 5.26 Å². The number of carbonyl (C=O) groups excluding carboxylic acids is 2. The Morgan fingerprint density at radius 3 is 2.60 bits per heavy atom. The first-order valence-corrected chi connectivity index (χ1v) is 14.8. The minimum absolute atomic E-state index is 0.00140. The summed E-state index contributed by atoms with van der Waals surface area (Å²) in [5.74, 6) is -0.709. The number of rotatable bonds is 7. The third kappa shape index (κ3) is 5.98. The molecule has 3 N–H and O–H groups in total. The Balaban J connectivity index is 1.31. The van der Waals surface area contributed by atoms with E-state index in [1.807, 2.05) is 20.8 Å². The molecule has 0 radical (unpaired) electrons. The SMILES string of the molecule is CC(c1ccc(NC2NN([C@]3(CC#N)CC[C@@H](C(=O)OC(C)(C)C)OC3)C3CCNC(=O)C23)cc1)N1CCCC1. The lowest BCUT2D eigenvalue weighted by Gasteiger charge is -2.47. The molecule has 4 heterocycles. The van der Waals surface area contributed by atoms with Crippen LogP contribution >= 0.6 is 0 Å². The van der Waals surface area contributed by atoms with E-state index < -0.39 is 17.2 Å². The largest absolute Gasteiger partial charge is 0.458 e. The number of anilines is 1. The fourth-order valence-electron chi connectivity index (χ4n) is 6.72. The molecule has 0 spiro atoms. The number of nitrogens with one attached hydrogen (secondary N) is 3. The van der Waals surface area contributed by atoms with Gasteiger partial charge in [-0.15, -0.1) is 0 Å². The van der Waals surface area contributed by atoms with Crippen LogP contribution in [0.15, 0.2) is 24.3 Å². The van der Waals surface area contributed by atoms with Crippen LogP contribution in [0.3, 0.4) is 0 Å². The predicted octanol–water partition coefficient (Wildman–Crippen LogP) is 3.08. The van der Waals surface area contributed by atoms with E-state index in [9.17, 15) is 14.9 Å². The van der Waals surface area contributed by atoms with Crippen LogP contribution in [0.5, 0.6) is 0 Å². The van der Waals surface area contributed by atoms with Gasteiger partial charge in [0, 0.05) is 24.3 Å². The molecule has 5 rings (SSSR count). The second-order valence-corrected chi connectivity index (χ2v) is 12.8. The molecule has 10 heteroatoms. The van der Waals surface area contributed by atoms with Crippen LogP contribution in [0.25, 0.3) is 0 Å². The Bertz CT molecular complexity index is 1100. The molecule has 0 bridgehead atoms. The summed E-state index contributed by atoms with van der Waals surface area (Å²) in [6, 6.07) is 11.1. The van der Waals surface area contributed by atoms with Gasteiger partial charge in [-0.2, -0.15) is 5.26 Å². The van der Waals surface area contributed by atoms with Crippen molar-refractivity contribution in [3.05, 3.63) is 29.8 Å². The summed E-state index contributed by atoms with van der Waals surface area (Å²) in [6.45, 7) is 10.9. The maximum absolute atomic E-state index is 13.2. The van der Waals surface area contributed by atoms with Crippen LogP contribution < -0.4 is 16.1 Å². The van der Waals surface area contributed by atoms with Crippen molar-refractivity contribution in [2.75, 3.05) is 31.6 Å². The van der Waals surface area contributed by atoms with Crippen LogP contribution in [0, 0.1) is 17.2 Å². The van der Waals surface area contributed by atoms with Crippen LogP contribution in [0.2, 0.25) is 0 Å². The van der Waals surface area contributed by atoms with Gasteiger partial charge < -0.3 is 20.1 Å². The summed E-state index contributed by atoms with van der Waals surface area (Å²) in [7, 11) is 0. The highest BCUT2D eigenvalue weighted by Crippen LogP contribution is 2.40. The summed E-state index contributed by atoms with van der Waals surface area (Å²) < 4.78 is 11.6. The number of fused-ring (bicyclic) bond motifs is 1. The number of esters is 1. The zero-order valence-electron chi connectivity index (χ0n) is 24.2. The Morgan fingerprint density at radius 1 is 1.25 bits per heavy atom. The molecule has 0 aromatic heterocycles. The summed E-state index contributed by atoms with van der Waals surface area (Å²) in [6.07, 6.45) is 3.54. The van der Waals surface area contributed by atoms with E-state index in [-0.39, 0.29) is 43.0 Å². The van der Waals surface area contributed by atoms with Crippen LogP contribution in [0.1, 0.15) is 77.8 Å². The van der Waals surface area contributed by atoms with Crippen molar-refractivity contribution < 1.29 is 19.1 Å². The molecule has 4 aliphatic heterocycles. The zero-order valence-corrected chi connectivity index (χ0v) is 24.2. The molecule has 4 fully saturated rings. The number of amides is 1. The first-order valence-electron chi connectivity index (χ1n) is 14.8. The molecule has 0 aliphatic carbocycles. The normalized spacial score (nSPS) is 32.1. The van der Waals surface area contributed by atoms with Gasteiger partial charge in [-0.1, -0.05) is 12.1 Å². The number of likely N-dealkylation sites (tertiary alicyclic amines) is 1. The Kier molecular flexibility index (Phi) is 8.39. The fraction of sp³-hybridized carbons (Fsp3) is 0.700. The molecule has 6 atom stereocenters.